The molecule has 1 N–H and O–H groups in total. The van der Waals surface area contributed by atoms with Crippen LogP contribution < -0.4 is 5.32 Å². The molecule has 1 aliphatic carbocycles. The summed E-state index contributed by atoms with van der Waals surface area (Å²) in [5, 5.41) is 3.50. The van der Waals surface area contributed by atoms with Crippen molar-refractivity contribution in [1.29, 1.82) is 0 Å². The number of benzene rings is 1. The minimum atomic E-state index is 1.00. The highest BCUT2D eigenvalue weighted by Gasteiger charge is 2.19. The molecule has 0 aromatic heterocycles. The van der Waals surface area contributed by atoms with Crippen molar-refractivity contribution in [2.75, 3.05) is 6.54 Å². The molecule has 2 heteroatoms. The van der Waals surface area contributed by atoms with E-state index in [1.165, 1.54) is 41.4 Å². The van der Waals surface area contributed by atoms with Gasteiger partial charge in [-0.1, -0.05) is 40.9 Å². The minimum Gasteiger partial charge on any atom is -0.313 e. The van der Waals surface area contributed by atoms with Crippen molar-refractivity contribution < 1.29 is 0 Å². The third kappa shape index (κ3) is 3.62. The van der Waals surface area contributed by atoms with Crippen LogP contribution in [0.4, 0.5) is 0 Å². The Bertz CT molecular complexity index is 331. The van der Waals surface area contributed by atoms with Crippen molar-refractivity contribution >= 4 is 15.9 Å². The van der Waals surface area contributed by atoms with E-state index < -0.39 is 0 Å². The predicted molar refractivity (Wildman–Crippen MR) is 67.9 cm³/mol. The molecular formula is C13H18BrN. The number of rotatable bonds is 5. The highest BCUT2D eigenvalue weighted by atomic mass is 79.9. The van der Waals surface area contributed by atoms with Gasteiger partial charge in [0.05, 0.1) is 0 Å². The lowest BCUT2D eigenvalue weighted by atomic mass is 10.1. The molecule has 15 heavy (non-hydrogen) atoms. The van der Waals surface area contributed by atoms with Crippen molar-refractivity contribution in [3.8, 4) is 0 Å². The Morgan fingerprint density at radius 3 is 2.87 bits per heavy atom. The van der Waals surface area contributed by atoms with Crippen LogP contribution >= 0.6 is 15.9 Å². The van der Waals surface area contributed by atoms with Crippen LogP contribution in [0.15, 0.2) is 22.7 Å². The molecule has 2 rings (SSSR count). The van der Waals surface area contributed by atoms with Gasteiger partial charge in [-0.05, 0) is 43.0 Å². The molecule has 1 aromatic rings. The first-order chi connectivity index (χ1) is 7.25. The van der Waals surface area contributed by atoms with Crippen molar-refractivity contribution in [2.45, 2.75) is 32.7 Å². The van der Waals surface area contributed by atoms with E-state index in [9.17, 15) is 0 Å². The van der Waals surface area contributed by atoms with Crippen molar-refractivity contribution in [1.82, 2.24) is 5.32 Å². The van der Waals surface area contributed by atoms with E-state index in [1.54, 1.807) is 0 Å². The second kappa shape index (κ2) is 5.13. The largest absolute Gasteiger partial charge is 0.313 e. The number of hydrogen-bond acceptors (Lipinski definition) is 1. The van der Waals surface area contributed by atoms with Gasteiger partial charge < -0.3 is 5.32 Å². The first-order valence-electron chi connectivity index (χ1n) is 5.71. The monoisotopic (exact) mass is 267 g/mol. The first-order valence-corrected chi connectivity index (χ1v) is 6.51. The molecule has 1 aromatic carbocycles. The third-order valence-electron chi connectivity index (χ3n) is 2.98. The van der Waals surface area contributed by atoms with Gasteiger partial charge in [0.25, 0.3) is 0 Å². The standard InChI is InChI=1S/C13H18BrN/c1-10-8-12(4-5-13(10)14)9-15-7-6-11-2-3-11/h4-5,8,11,15H,2-3,6-7,9H2,1H3. The molecule has 0 aliphatic heterocycles. The Hall–Kier alpha value is -0.340. The van der Waals surface area contributed by atoms with Gasteiger partial charge in [0.1, 0.15) is 0 Å². The number of hydrogen-bond donors (Lipinski definition) is 1. The first kappa shape index (κ1) is 11.2. The van der Waals surface area contributed by atoms with Crippen molar-refractivity contribution in [3.63, 3.8) is 0 Å². The smallest absolute Gasteiger partial charge is 0.0205 e. The Labute approximate surface area is 100 Å². The van der Waals surface area contributed by atoms with E-state index in [2.05, 4.69) is 46.4 Å². The predicted octanol–water partition coefficient (Wildman–Crippen LogP) is 3.65. The summed E-state index contributed by atoms with van der Waals surface area (Å²) in [5.41, 5.74) is 2.70. The fourth-order valence-electron chi connectivity index (χ4n) is 1.76. The van der Waals surface area contributed by atoms with Crippen LogP contribution in [0, 0.1) is 12.8 Å². The molecule has 0 unspecified atom stereocenters. The van der Waals surface area contributed by atoms with Gasteiger partial charge in [-0.3, -0.25) is 0 Å². The maximum absolute atomic E-state index is 3.52. The molecule has 0 saturated heterocycles. The molecule has 0 radical (unpaired) electrons. The fourth-order valence-corrected chi connectivity index (χ4v) is 2.01. The zero-order chi connectivity index (χ0) is 10.7. The van der Waals surface area contributed by atoms with Gasteiger partial charge in [0.2, 0.25) is 0 Å². The number of nitrogens with one attached hydrogen (secondary N) is 1. The fraction of sp³-hybridized carbons (Fsp3) is 0.538. The van der Waals surface area contributed by atoms with E-state index in [0.29, 0.717) is 0 Å². The van der Waals surface area contributed by atoms with E-state index in [4.69, 9.17) is 0 Å². The molecule has 1 fully saturated rings. The molecule has 82 valence electrons. The summed E-state index contributed by atoms with van der Waals surface area (Å²) in [6.07, 6.45) is 4.27. The summed E-state index contributed by atoms with van der Waals surface area (Å²) in [6, 6.07) is 6.56. The van der Waals surface area contributed by atoms with Crippen LogP contribution in [0.3, 0.4) is 0 Å². The molecule has 0 heterocycles. The van der Waals surface area contributed by atoms with Gasteiger partial charge in [-0.25, -0.2) is 0 Å². The zero-order valence-corrected chi connectivity index (χ0v) is 10.8. The lowest BCUT2D eigenvalue weighted by Gasteiger charge is -2.06. The van der Waals surface area contributed by atoms with Gasteiger partial charge in [-0.15, -0.1) is 0 Å². The molecule has 1 aliphatic rings. The molecule has 0 atom stereocenters. The molecule has 0 bridgehead atoms. The molecule has 0 amide bonds. The summed E-state index contributed by atoms with van der Waals surface area (Å²) in [5.74, 6) is 1.03. The Morgan fingerprint density at radius 1 is 1.40 bits per heavy atom. The van der Waals surface area contributed by atoms with Crippen molar-refractivity contribution in [2.24, 2.45) is 5.92 Å². The van der Waals surface area contributed by atoms with E-state index >= 15 is 0 Å². The van der Waals surface area contributed by atoms with Crippen LogP contribution in [0.5, 0.6) is 0 Å². The summed E-state index contributed by atoms with van der Waals surface area (Å²) < 4.78 is 1.20. The van der Waals surface area contributed by atoms with Gasteiger partial charge in [-0.2, -0.15) is 0 Å². The van der Waals surface area contributed by atoms with E-state index in [0.717, 1.165) is 12.5 Å². The lowest BCUT2D eigenvalue weighted by Crippen LogP contribution is -2.15. The topological polar surface area (TPSA) is 12.0 Å². The second-order valence-corrected chi connectivity index (χ2v) is 5.35. The zero-order valence-electron chi connectivity index (χ0n) is 9.22. The minimum absolute atomic E-state index is 1.00. The number of halogens is 1. The summed E-state index contributed by atoms with van der Waals surface area (Å²) >= 11 is 3.52. The average molecular weight is 268 g/mol. The van der Waals surface area contributed by atoms with Crippen molar-refractivity contribution in [3.05, 3.63) is 33.8 Å². The molecular weight excluding hydrogens is 250 g/mol. The molecule has 1 saturated carbocycles. The third-order valence-corrected chi connectivity index (χ3v) is 3.87. The SMILES string of the molecule is Cc1cc(CNCCC2CC2)ccc1Br. The Morgan fingerprint density at radius 2 is 2.20 bits per heavy atom. The second-order valence-electron chi connectivity index (χ2n) is 4.49. The van der Waals surface area contributed by atoms with Crippen LogP contribution in [0.25, 0.3) is 0 Å². The maximum Gasteiger partial charge on any atom is 0.0205 e. The normalized spacial score (nSPS) is 15.6. The summed E-state index contributed by atoms with van der Waals surface area (Å²) in [7, 11) is 0. The maximum atomic E-state index is 3.52. The van der Waals surface area contributed by atoms with Crippen LogP contribution in [-0.2, 0) is 6.54 Å². The highest BCUT2D eigenvalue weighted by Crippen LogP contribution is 2.31. The van der Waals surface area contributed by atoms with E-state index in [1.807, 2.05) is 0 Å². The molecule has 0 spiro atoms. The van der Waals surface area contributed by atoms with Crippen LogP contribution in [0.1, 0.15) is 30.4 Å². The van der Waals surface area contributed by atoms with Gasteiger partial charge >= 0.3 is 0 Å². The lowest BCUT2D eigenvalue weighted by molar-refractivity contribution is 0.613. The van der Waals surface area contributed by atoms with E-state index in [-0.39, 0.29) is 0 Å². The van der Waals surface area contributed by atoms with Gasteiger partial charge in [0, 0.05) is 11.0 Å². The quantitative estimate of drug-likeness (QED) is 0.804. The average Bonchev–Trinajstić information content (AvgIpc) is 3.02. The van der Waals surface area contributed by atoms with Gasteiger partial charge in [0.15, 0.2) is 0 Å². The Balaban J connectivity index is 1.74. The summed E-state index contributed by atoms with van der Waals surface area (Å²) in [6.45, 7) is 4.30. The summed E-state index contributed by atoms with van der Waals surface area (Å²) in [4.78, 5) is 0. The number of aryl methyl sites for hydroxylation is 1. The Kier molecular flexibility index (Phi) is 3.81. The van der Waals surface area contributed by atoms with Crippen LogP contribution in [-0.4, -0.2) is 6.54 Å². The van der Waals surface area contributed by atoms with Crippen LogP contribution in [0.2, 0.25) is 0 Å². The highest BCUT2D eigenvalue weighted by molar-refractivity contribution is 9.10. The molecule has 1 nitrogen and oxygen atoms in total.